The maximum Gasteiger partial charge on any atom is 0.254 e. The standard InChI is InChI=1S/C39H45F3N6O6/c40-28-6-7-30(41)29(18-28)32-23-46(21-25-4-2-1-3-5-25)38(44-32)37(26-11-15-53-16-12-26)48(22-27-19-43-20-31(27)42)39(52)33-24-45(14-17-54-33)34(49)10-13-47-35(50)8-9-36(47)51/h1-9,18,23,26-27,31,33,35,37,43,50H,10-17,19-22,24H2. The largest absolute Gasteiger partial charge is 0.381 e. The lowest BCUT2D eigenvalue weighted by Crippen LogP contribution is -2.55. The van der Waals surface area contributed by atoms with E-state index in [2.05, 4.69) is 5.32 Å². The van der Waals surface area contributed by atoms with Crippen molar-refractivity contribution in [3.8, 4) is 11.3 Å². The zero-order valence-electron chi connectivity index (χ0n) is 29.9. The van der Waals surface area contributed by atoms with Gasteiger partial charge in [0.2, 0.25) is 11.8 Å². The Bertz CT molecular complexity index is 1840. The molecule has 0 aliphatic carbocycles. The van der Waals surface area contributed by atoms with E-state index in [1.807, 2.05) is 34.9 Å². The number of amides is 3. The van der Waals surface area contributed by atoms with Crippen LogP contribution in [0.2, 0.25) is 0 Å². The van der Waals surface area contributed by atoms with Gasteiger partial charge in [0.1, 0.15) is 29.9 Å². The van der Waals surface area contributed by atoms with Crippen molar-refractivity contribution in [1.82, 2.24) is 29.6 Å². The number of nitrogens with one attached hydrogen (secondary N) is 1. The minimum Gasteiger partial charge on any atom is -0.381 e. The van der Waals surface area contributed by atoms with Crippen molar-refractivity contribution in [2.24, 2.45) is 11.8 Å². The van der Waals surface area contributed by atoms with Crippen LogP contribution < -0.4 is 5.32 Å². The van der Waals surface area contributed by atoms with E-state index in [1.54, 1.807) is 11.1 Å². The zero-order valence-corrected chi connectivity index (χ0v) is 29.9. The summed E-state index contributed by atoms with van der Waals surface area (Å²) in [5.74, 6) is -2.72. The third kappa shape index (κ3) is 8.38. The molecule has 54 heavy (non-hydrogen) atoms. The lowest BCUT2D eigenvalue weighted by molar-refractivity contribution is -0.159. The second kappa shape index (κ2) is 16.8. The Labute approximate surface area is 311 Å². The third-order valence-corrected chi connectivity index (χ3v) is 10.8. The normalized spacial score (nSPS) is 24.0. The number of hydrogen-bond acceptors (Lipinski definition) is 8. The summed E-state index contributed by atoms with van der Waals surface area (Å²) in [6, 6.07) is 12.0. The number of rotatable bonds is 12. The molecule has 7 rings (SSSR count). The van der Waals surface area contributed by atoms with Gasteiger partial charge >= 0.3 is 0 Å². The van der Waals surface area contributed by atoms with Crippen molar-refractivity contribution in [3.63, 3.8) is 0 Å². The second-order valence-corrected chi connectivity index (χ2v) is 14.3. The number of nitrogens with zero attached hydrogens (tertiary/aromatic N) is 5. The number of halogens is 3. The average Bonchev–Trinajstić information content (AvgIpc) is 3.89. The quantitative estimate of drug-likeness (QED) is 0.289. The van der Waals surface area contributed by atoms with Crippen molar-refractivity contribution in [2.75, 3.05) is 59.1 Å². The van der Waals surface area contributed by atoms with Crippen molar-refractivity contribution >= 4 is 17.7 Å². The third-order valence-electron chi connectivity index (χ3n) is 10.8. The molecule has 1 aromatic heterocycles. The molecule has 3 fully saturated rings. The summed E-state index contributed by atoms with van der Waals surface area (Å²) < 4.78 is 58.8. The number of aromatic nitrogens is 2. The Balaban J connectivity index is 1.25. The van der Waals surface area contributed by atoms with Gasteiger partial charge < -0.3 is 39.2 Å². The smallest absolute Gasteiger partial charge is 0.254 e. The first-order chi connectivity index (χ1) is 26.2. The number of morpholine rings is 1. The van der Waals surface area contributed by atoms with E-state index in [0.717, 1.165) is 23.8 Å². The molecule has 12 nitrogen and oxygen atoms in total. The van der Waals surface area contributed by atoms with Crippen LogP contribution in [0.4, 0.5) is 13.2 Å². The number of imidazole rings is 1. The van der Waals surface area contributed by atoms with Crippen LogP contribution in [0.1, 0.15) is 36.7 Å². The van der Waals surface area contributed by atoms with E-state index >= 15 is 8.78 Å². The average molecular weight is 751 g/mol. The maximum absolute atomic E-state index is 15.4. The van der Waals surface area contributed by atoms with Crippen molar-refractivity contribution < 1.29 is 42.1 Å². The van der Waals surface area contributed by atoms with E-state index in [1.165, 1.54) is 22.0 Å². The van der Waals surface area contributed by atoms with Gasteiger partial charge in [-0.3, -0.25) is 14.4 Å². The predicted molar refractivity (Wildman–Crippen MR) is 190 cm³/mol. The maximum atomic E-state index is 15.4. The molecule has 2 N–H and O–H groups in total. The van der Waals surface area contributed by atoms with Gasteiger partial charge in [-0.1, -0.05) is 30.3 Å². The van der Waals surface area contributed by atoms with Gasteiger partial charge in [-0.05, 0) is 48.6 Å². The van der Waals surface area contributed by atoms with Crippen LogP contribution in [0, 0.1) is 23.5 Å². The Morgan fingerprint density at radius 1 is 1.07 bits per heavy atom. The van der Waals surface area contributed by atoms with Crippen molar-refractivity contribution in [1.29, 1.82) is 0 Å². The minimum absolute atomic E-state index is 0.00460. The van der Waals surface area contributed by atoms with Crippen LogP contribution >= 0.6 is 0 Å². The molecule has 288 valence electrons. The van der Waals surface area contributed by atoms with Gasteiger partial charge in [0, 0.05) is 82.7 Å². The van der Waals surface area contributed by atoms with E-state index in [0.29, 0.717) is 45.0 Å². The van der Waals surface area contributed by atoms with Crippen molar-refractivity contribution in [3.05, 3.63) is 89.9 Å². The van der Waals surface area contributed by atoms with Crippen LogP contribution in [0.3, 0.4) is 0 Å². The van der Waals surface area contributed by atoms with Crippen LogP contribution in [0.15, 0.2) is 66.9 Å². The molecule has 0 spiro atoms. The first kappa shape index (κ1) is 37.7. The van der Waals surface area contributed by atoms with Gasteiger partial charge in [0.15, 0.2) is 6.10 Å². The summed E-state index contributed by atoms with van der Waals surface area (Å²) in [6.45, 7) is 1.91. The highest BCUT2D eigenvalue weighted by Gasteiger charge is 2.43. The lowest BCUT2D eigenvalue weighted by Gasteiger charge is -2.42. The Morgan fingerprint density at radius 2 is 1.87 bits per heavy atom. The fraction of sp³-hybridized carbons (Fsp3) is 0.487. The van der Waals surface area contributed by atoms with Crippen molar-refractivity contribution in [2.45, 2.75) is 50.4 Å². The molecule has 0 bridgehead atoms. The number of hydrogen-bond donors (Lipinski definition) is 2. The molecule has 3 amide bonds. The first-order valence-electron chi connectivity index (χ1n) is 18.5. The predicted octanol–water partition coefficient (Wildman–Crippen LogP) is 3.06. The molecule has 0 saturated carbocycles. The summed E-state index contributed by atoms with van der Waals surface area (Å²) in [6.07, 6.45) is 1.92. The summed E-state index contributed by atoms with van der Waals surface area (Å²) in [4.78, 5) is 49.8. The summed E-state index contributed by atoms with van der Waals surface area (Å²) in [5.41, 5.74) is 1.08. The van der Waals surface area contributed by atoms with E-state index in [-0.39, 0.29) is 74.7 Å². The van der Waals surface area contributed by atoms with Gasteiger partial charge in [0.05, 0.1) is 24.9 Å². The molecule has 4 aliphatic heterocycles. The molecular weight excluding hydrogens is 705 g/mol. The molecule has 3 aromatic rings. The molecule has 5 unspecified atom stereocenters. The van der Waals surface area contributed by atoms with E-state index in [9.17, 15) is 23.9 Å². The lowest BCUT2D eigenvalue weighted by atomic mass is 9.88. The molecule has 15 heteroatoms. The highest BCUT2D eigenvalue weighted by Crippen LogP contribution is 2.39. The molecule has 0 radical (unpaired) electrons. The number of carbonyl (C=O) groups is 3. The molecule has 5 atom stereocenters. The Morgan fingerprint density at radius 3 is 2.59 bits per heavy atom. The highest BCUT2D eigenvalue weighted by molar-refractivity contribution is 5.90. The van der Waals surface area contributed by atoms with Crippen LogP contribution in [-0.2, 0) is 30.4 Å². The van der Waals surface area contributed by atoms with Gasteiger partial charge in [-0.15, -0.1) is 0 Å². The number of aliphatic hydroxyl groups excluding tert-OH is 1. The topological polar surface area (TPSA) is 129 Å². The summed E-state index contributed by atoms with van der Waals surface area (Å²) >= 11 is 0. The highest BCUT2D eigenvalue weighted by atomic mass is 19.1. The number of ether oxygens (including phenoxy) is 2. The second-order valence-electron chi connectivity index (χ2n) is 14.3. The minimum atomic E-state index is -1.22. The van der Waals surface area contributed by atoms with Crippen LogP contribution in [0.25, 0.3) is 11.3 Å². The van der Waals surface area contributed by atoms with Gasteiger partial charge in [0.25, 0.3) is 5.91 Å². The Kier molecular flexibility index (Phi) is 11.8. The van der Waals surface area contributed by atoms with Crippen LogP contribution in [0.5, 0.6) is 0 Å². The molecule has 3 saturated heterocycles. The van der Waals surface area contributed by atoms with Gasteiger partial charge in [-0.25, -0.2) is 18.2 Å². The van der Waals surface area contributed by atoms with E-state index in [4.69, 9.17) is 14.5 Å². The number of benzene rings is 2. The monoisotopic (exact) mass is 750 g/mol. The van der Waals surface area contributed by atoms with E-state index < -0.39 is 48.0 Å². The Hall–Kier alpha value is -4.57. The SMILES string of the molecule is O=C(CCN1C(=O)C=CC1O)N1CCOC(C(=O)N(CC2CNCC2F)C(c2nc(-c3cc(F)ccc3F)cn2Cc2ccccc2)C2CCOCC2)C1. The summed E-state index contributed by atoms with van der Waals surface area (Å²) in [7, 11) is 0. The fourth-order valence-corrected chi connectivity index (χ4v) is 7.83. The number of alkyl halides is 1. The number of aliphatic hydroxyl groups is 1. The molecular formula is C39H45F3N6O6. The van der Waals surface area contributed by atoms with Gasteiger partial charge in [-0.2, -0.15) is 0 Å². The van der Waals surface area contributed by atoms with Crippen LogP contribution in [-0.4, -0.2) is 125 Å². The molecule has 5 heterocycles. The fourth-order valence-electron chi connectivity index (χ4n) is 7.83. The summed E-state index contributed by atoms with van der Waals surface area (Å²) in [5, 5.41) is 13.2. The zero-order chi connectivity index (χ0) is 37.8. The molecule has 2 aromatic carbocycles. The first-order valence-corrected chi connectivity index (χ1v) is 18.5. The molecule has 4 aliphatic rings. The number of carbonyl (C=O) groups excluding carboxylic acids is 3.